The maximum absolute atomic E-state index is 3.54. The highest BCUT2D eigenvalue weighted by molar-refractivity contribution is 4.68. The van der Waals surface area contributed by atoms with Crippen molar-refractivity contribution in [1.82, 2.24) is 10.2 Å². The molecule has 1 heterocycles. The van der Waals surface area contributed by atoms with Gasteiger partial charge in [0.15, 0.2) is 0 Å². The van der Waals surface area contributed by atoms with E-state index >= 15 is 0 Å². The van der Waals surface area contributed by atoms with Gasteiger partial charge in [-0.2, -0.15) is 0 Å². The van der Waals surface area contributed by atoms with Crippen LogP contribution in [0.5, 0.6) is 0 Å². The van der Waals surface area contributed by atoms with Crippen molar-refractivity contribution in [1.29, 1.82) is 0 Å². The maximum Gasteiger partial charge on any atom is 0.00191 e. The average molecular weight is 226 g/mol. The van der Waals surface area contributed by atoms with E-state index in [9.17, 15) is 0 Å². The first-order valence-electron chi connectivity index (χ1n) is 7.14. The lowest BCUT2D eigenvalue weighted by atomic mass is 10.1. The standard InChI is InChI=1S/C14H30N2/c1-13(2)15-11-14(3)12-16-9-7-5-4-6-8-10-16/h13-15H,4-12H2,1-3H3. The summed E-state index contributed by atoms with van der Waals surface area (Å²) in [5.41, 5.74) is 0. The molecule has 16 heavy (non-hydrogen) atoms. The lowest BCUT2D eigenvalue weighted by Crippen LogP contribution is -2.37. The molecule has 1 N–H and O–H groups in total. The minimum absolute atomic E-state index is 0.620. The lowest BCUT2D eigenvalue weighted by Gasteiger charge is -2.27. The second-order valence-electron chi connectivity index (χ2n) is 5.74. The van der Waals surface area contributed by atoms with E-state index in [0.29, 0.717) is 6.04 Å². The number of hydrogen-bond donors (Lipinski definition) is 1. The summed E-state index contributed by atoms with van der Waals surface area (Å²) in [5, 5.41) is 3.54. The van der Waals surface area contributed by atoms with Gasteiger partial charge in [-0.15, -0.1) is 0 Å². The smallest absolute Gasteiger partial charge is 0.00191 e. The summed E-state index contributed by atoms with van der Waals surface area (Å²) in [7, 11) is 0. The minimum atomic E-state index is 0.620. The minimum Gasteiger partial charge on any atom is -0.314 e. The first-order valence-corrected chi connectivity index (χ1v) is 7.14. The molecule has 1 aliphatic heterocycles. The van der Waals surface area contributed by atoms with Crippen LogP contribution in [0.1, 0.15) is 52.9 Å². The molecule has 0 amide bonds. The van der Waals surface area contributed by atoms with E-state index in [1.165, 1.54) is 51.7 Å². The Morgan fingerprint density at radius 2 is 1.50 bits per heavy atom. The molecule has 0 radical (unpaired) electrons. The van der Waals surface area contributed by atoms with E-state index in [1.54, 1.807) is 0 Å². The Morgan fingerprint density at radius 3 is 2.06 bits per heavy atom. The SMILES string of the molecule is CC(CNC(C)C)CN1CCCCCCC1. The molecule has 0 aromatic rings. The predicted octanol–water partition coefficient (Wildman–Crippen LogP) is 2.89. The van der Waals surface area contributed by atoms with Crippen LogP contribution in [0.4, 0.5) is 0 Å². The monoisotopic (exact) mass is 226 g/mol. The molecule has 96 valence electrons. The summed E-state index contributed by atoms with van der Waals surface area (Å²) < 4.78 is 0. The molecular formula is C14H30N2. The van der Waals surface area contributed by atoms with E-state index in [-0.39, 0.29) is 0 Å². The van der Waals surface area contributed by atoms with Crippen LogP contribution < -0.4 is 5.32 Å². The summed E-state index contributed by atoms with van der Waals surface area (Å²) in [4.78, 5) is 2.67. The zero-order valence-corrected chi connectivity index (χ0v) is 11.5. The molecule has 1 atom stereocenters. The van der Waals surface area contributed by atoms with Crippen molar-refractivity contribution < 1.29 is 0 Å². The summed E-state index contributed by atoms with van der Waals surface area (Å²) in [5.74, 6) is 0.779. The summed E-state index contributed by atoms with van der Waals surface area (Å²) in [6, 6.07) is 0.620. The maximum atomic E-state index is 3.54. The van der Waals surface area contributed by atoms with Crippen LogP contribution >= 0.6 is 0 Å². The largest absolute Gasteiger partial charge is 0.314 e. The van der Waals surface area contributed by atoms with Gasteiger partial charge in [-0.25, -0.2) is 0 Å². The number of hydrogen-bond acceptors (Lipinski definition) is 2. The van der Waals surface area contributed by atoms with Crippen molar-refractivity contribution in [2.24, 2.45) is 5.92 Å². The third-order valence-corrected chi connectivity index (χ3v) is 3.39. The van der Waals surface area contributed by atoms with Crippen molar-refractivity contribution >= 4 is 0 Å². The highest BCUT2D eigenvalue weighted by Crippen LogP contribution is 2.11. The Hall–Kier alpha value is -0.0800. The van der Waals surface area contributed by atoms with Gasteiger partial charge in [0, 0.05) is 12.6 Å². The summed E-state index contributed by atoms with van der Waals surface area (Å²) >= 11 is 0. The van der Waals surface area contributed by atoms with E-state index < -0.39 is 0 Å². The second kappa shape index (κ2) is 8.08. The van der Waals surface area contributed by atoms with E-state index in [4.69, 9.17) is 0 Å². The Bertz CT molecular complexity index is 160. The third-order valence-electron chi connectivity index (χ3n) is 3.39. The van der Waals surface area contributed by atoms with Crippen molar-refractivity contribution in [3.63, 3.8) is 0 Å². The predicted molar refractivity (Wildman–Crippen MR) is 71.8 cm³/mol. The van der Waals surface area contributed by atoms with Crippen LogP contribution in [0.25, 0.3) is 0 Å². The van der Waals surface area contributed by atoms with Crippen LogP contribution in [0.15, 0.2) is 0 Å². The topological polar surface area (TPSA) is 15.3 Å². The van der Waals surface area contributed by atoms with Gasteiger partial charge in [0.2, 0.25) is 0 Å². The first kappa shape index (κ1) is 14.0. The Labute approximate surface area is 102 Å². The molecule has 1 aliphatic rings. The van der Waals surface area contributed by atoms with Gasteiger partial charge >= 0.3 is 0 Å². The van der Waals surface area contributed by atoms with Gasteiger partial charge in [-0.05, 0) is 38.4 Å². The average Bonchev–Trinajstić information content (AvgIpc) is 2.19. The highest BCUT2D eigenvalue weighted by atomic mass is 15.1. The van der Waals surface area contributed by atoms with Gasteiger partial charge in [0.05, 0.1) is 0 Å². The molecule has 1 unspecified atom stereocenters. The van der Waals surface area contributed by atoms with Gasteiger partial charge in [0.25, 0.3) is 0 Å². The van der Waals surface area contributed by atoms with Crippen LogP contribution in [0.3, 0.4) is 0 Å². The zero-order chi connectivity index (χ0) is 11.8. The molecule has 1 saturated heterocycles. The van der Waals surface area contributed by atoms with Crippen LogP contribution in [0.2, 0.25) is 0 Å². The van der Waals surface area contributed by atoms with E-state index in [2.05, 4.69) is 31.0 Å². The fourth-order valence-corrected chi connectivity index (χ4v) is 2.44. The highest BCUT2D eigenvalue weighted by Gasteiger charge is 2.11. The molecule has 0 bridgehead atoms. The third kappa shape index (κ3) is 6.49. The zero-order valence-electron chi connectivity index (χ0n) is 11.5. The molecule has 2 nitrogen and oxygen atoms in total. The second-order valence-corrected chi connectivity index (χ2v) is 5.74. The quantitative estimate of drug-likeness (QED) is 0.775. The van der Waals surface area contributed by atoms with E-state index in [1.807, 2.05) is 0 Å². The Balaban J connectivity index is 2.17. The number of likely N-dealkylation sites (tertiary alicyclic amines) is 1. The summed E-state index contributed by atoms with van der Waals surface area (Å²) in [6.07, 6.45) is 7.15. The number of nitrogens with zero attached hydrogens (tertiary/aromatic N) is 1. The van der Waals surface area contributed by atoms with Crippen molar-refractivity contribution in [2.75, 3.05) is 26.2 Å². The molecule has 0 aromatic carbocycles. The molecule has 1 rings (SSSR count). The Morgan fingerprint density at radius 1 is 0.938 bits per heavy atom. The summed E-state index contributed by atoms with van der Waals surface area (Å²) in [6.45, 7) is 11.9. The fourth-order valence-electron chi connectivity index (χ4n) is 2.44. The van der Waals surface area contributed by atoms with Crippen LogP contribution in [-0.4, -0.2) is 37.1 Å². The molecule has 0 spiro atoms. The first-order chi connectivity index (χ1) is 7.68. The van der Waals surface area contributed by atoms with Gasteiger partial charge in [-0.1, -0.05) is 40.0 Å². The molecule has 1 fully saturated rings. The normalized spacial score (nSPS) is 21.8. The molecule has 0 aromatic heterocycles. The van der Waals surface area contributed by atoms with Crippen LogP contribution in [-0.2, 0) is 0 Å². The van der Waals surface area contributed by atoms with Gasteiger partial charge < -0.3 is 10.2 Å². The molecular weight excluding hydrogens is 196 g/mol. The van der Waals surface area contributed by atoms with Gasteiger partial charge in [-0.3, -0.25) is 0 Å². The van der Waals surface area contributed by atoms with E-state index in [0.717, 1.165) is 12.5 Å². The van der Waals surface area contributed by atoms with Gasteiger partial charge in [0.1, 0.15) is 0 Å². The number of nitrogens with one attached hydrogen (secondary N) is 1. The lowest BCUT2D eigenvalue weighted by molar-refractivity contribution is 0.214. The molecule has 0 aliphatic carbocycles. The van der Waals surface area contributed by atoms with Crippen molar-refractivity contribution in [3.05, 3.63) is 0 Å². The van der Waals surface area contributed by atoms with Crippen molar-refractivity contribution in [3.8, 4) is 0 Å². The molecule has 0 saturated carbocycles. The number of rotatable bonds is 5. The molecule has 2 heteroatoms. The fraction of sp³-hybridized carbons (Fsp3) is 1.00. The Kier molecular flexibility index (Phi) is 7.06. The van der Waals surface area contributed by atoms with Crippen LogP contribution in [0, 0.1) is 5.92 Å². The van der Waals surface area contributed by atoms with Crippen molar-refractivity contribution in [2.45, 2.75) is 58.9 Å².